The molecule has 0 unspecified atom stereocenters. The smallest absolute Gasteiger partial charge is 0.257 e. The Hall–Kier alpha value is -3.45. The molecule has 7 heteroatoms. The van der Waals surface area contributed by atoms with E-state index in [0.29, 0.717) is 48.6 Å². The van der Waals surface area contributed by atoms with E-state index in [1.54, 1.807) is 12.1 Å². The largest absolute Gasteiger partial charge is 0.496 e. The zero-order valence-corrected chi connectivity index (χ0v) is 18.2. The number of nitrogens with zero attached hydrogens (tertiary/aromatic N) is 2. The number of piperidine rings is 1. The Labute approximate surface area is 188 Å². The summed E-state index contributed by atoms with van der Waals surface area (Å²) in [5.41, 5.74) is 2.67. The first kappa shape index (κ1) is 20.5. The number of benzene rings is 2. The molecule has 3 aromatic rings. The number of likely N-dealkylation sites (tertiary alicyclic amines) is 1. The Kier molecular flexibility index (Phi) is 5.06. The second-order valence-corrected chi connectivity index (χ2v) is 8.14. The molecule has 1 spiro atoms. The minimum Gasteiger partial charge on any atom is -0.496 e. The van der Waals surface area contributed by atoms with Crippen LogP contribution in [0.1, 0.15) is 35.9 Å². The molecule has 1 fully saturated rings. The van der Waals surface area contributed by atoms with Gasteiger partial charge >= 0.3 is 0 Å². The number of fused-ring (bicyclic) bond motifs is 4. The van der Waals surface area contributed by atoms with Gasteiger partial charge in [-0.05, 0) is 30.3 Å². The molecule has 0 atom stereocenters. The fraction of sp³-hybridized carbons (Fsp3) is 0.320. The van der Waals surface area contributed by atoms with Crippen LogP contribution in [0.5, 0.6) is 17.2 Å². The third-order valence-corrected chi connectivity index (χ3v) is 6.51. The maximum Gasteiger partial charge on any atom is 0.257 e. The Bertz CT molecular complexity index is 1170. The lowest BCUT2D eigenvalue weighted by Crippen LogP contribution is -2.50. The van der Waals surface area contributed by atoms with E-state index in [1.165, 1.54) is 14.2 Å². The van der Waals surface area contributed by atoms with Gasteiger partial charge in [0.2, 0.25) is 0 Å². The summed E-state index contributed by atoms with van der Waals surface area (Å²) in [6, 6.07) is 15.5. The van der Waals surface area contributed by atoms with E-state index in [0.717, 1.165) is 17.1 Å². The quantitative estimate of drug-likeness (QED) is 0.674. The molecule has 0 bridgehead atoms. The number of amides is 1. The number of carbonyl (C=O) groups is 1. The molecule has 3 heterocycles. The average molecular weight is 437 g/mol. The van der Waals surface area contributed by atoms with Crippen LogP contribution >= 0.6 is 0 Å². The minimum atomic E-state index is -0.463. The monoisotopic (exact) mass is 436 g/mol. The molecular formula is C25H28N2O5. The highest BCUT2D eigenvalue weighted by atomic mass is 16.5. The SMILES string of the molecule is COc1cc(OC)c(C(=O)N2CCC3(CC2)Oc2ccccc2-n2cccc23)cc1CO.[HH]. The number of hydrogen-bond acceptors (Lipinski definition) is 5. The van der Waals surface area contributed by atoms with Gasteiger partial charge < -0.3 is 28.8 Å². The number of carbonyl (C=O) groups excluding carboxylic acids is 1. The number of hydrogen-bond donors (Lipinski definition) is 1. The fourth-order valence-corrected chi connectivity index (χ4v) is 4.82. The minimum absolute atomic E-state index is 0. The van der Waals surface area contributed by atoms with Crippen LogP contribution in [0.15, 0.2) is 54.7 Å². The fourth-order valence-electron chi connectivity index (χ4n) is 4.82. The zero-order valence-electron chi connectivity index (χ0n) is 18.2. The van der Waals surface area contributed by atoms with Crippen molar-refractivity contribution in [3.63, 3.8) is 0 Å². The zero-order chi connectivity index (χ0) is 22.3. The van der Waals surface area contributed by atoms with E-state index in [9.17, 15) is 9.90 Å². The van der Waals surface area contributed by atoms with Crippen molar-refractivity contribution in [2.75, 3.05) is 27.3 Å². The van der Waals surface area contributed by atoms with Gasteiger partial charge in [-0.15, -0.1) is 0 Å². The normalized spacial score (nSPS) is 16.2. The van der Waals surface area contributed by atoms with Crippen LogP contribution in [0.25, 0.3) is 5.69 Å². The molecule has 2 aliphatic rings. The maximum atomic E-state index is 13.4. The molecule has 0 aliphatic carbocycles. The molecule has 1 amide bonds. The van der Waals surface area contributed by atoms with Gasteiger partial charge in [-0.25, -0.2) is 0 Å². The number of aliphatic hydroxyl groups excluding tert-OH is 1. The van der Waals surface area contributed by atoms with Crippen LogP contribution in [0.2, 0.25) is 0 Å². The molecule has 1 N–H and O–H groups in total. The maximum absolute atomic E-state index is 13.4. The van der Waals surface area contributed by atoms with E-state index in [-0.39, 0.29) is 13.9 Å². The van der Waals surface area contributed by atoms with Crippen molar-refractivity contribution in [3.8, 4) is 22.9 Å². The number of methoxy groups -OCH3 is 2. The molecule has 0 radical (unpaired) electrons. The summed E-state index contributed by atoms with van der Waals surface area (Å²) in [6.45, 7) is 0.881. The van der Waals surface area contributed by atoms with Crippen molar-refractivity contribution >= 4 is 5.91 Å². The lowest BCUT2D eigenvalue weighted by molar-refractivity contribution is -0.00937. The highest BCUT2D eigenvalue weighted by Gasteiger charge is 2.44. The van der Waals surface area contributed by atoms with E-state index >= 15 is 0 Å². The summed E-state index contributed by atoms with van der Waals surface area (Å²) in [6.07, 6.45) is 3.43. The summed E-state index contributed by atoms with van der Waals surface area (Å²) in [5.74, 6) is 1.66. The summed E-state index contributed by atoms with van der Waals surface area (Å²) >= 11 is 0. The van der Waals surface area contributed by atoms with E-state index < -0.39 is 5.60 Å². The Morgan fingerprint density at radius 2 is 1.84 bits per heavy atom. The van der Waals surface area contributed by atoms with Crippen LogP contribution in [0, 0.1) is 0 Å². The van der Waals surface area contributed by atoms with Crippen molar-refractivity contribution in [3.05, 3.63) is 71.5 Å². The molecule has 32 heavy (non-hydrogen) atoms. The topological polar surface area (TPSA) is 73.2 Å². The van der Waals surface area contributed by atoms with Gasteiger partial charge in [0.15, 0.2) is 5.60 Å². The lowest BCUT2D eigenvalue weighted by Gasteiger charge is -2.45. The molecular weight excluding hydrogens is 408 g/mol. The van der Waals surface area contributed by atoms with Crippen molar-refractivity contribution in [2.24, 2.45) is 0 Å². The number of ether oxygens (including phenoxy) is 3. The van der Waals surface area contributed by atoms with Gasteiger partial charge in [-0.1, -0.05) is 12.1 Å². The van der Waals surface area contributed by atoms with Gasteiger partial charge in [0.05, 0.1) is 37.8 Å². The molecule has 7 nitrogen and oxygen atoms in total. The van der Waals surface area contributed by atoms with Crippen molar-refractivity contribution in [2.45, 2.75) is 25.0 Å². The Balaban J connectivity index is 0.00000259. The van der Waals surface area contributed by atoms with Crippen LogP contribution in [-0.2, 0) is 12.2 Å². The summed E-state index contributed by atoms with van der Waals surface area (Å²) in [5, 5.41) is 9.68. The molecule has 5 rings (SSSR count). The van der Waals surface area contributed by atoms with Crippen molar-refractivity contribution in [1.29, 1.82) is 0 Å². The first-order valence-corrected chi connectivity index (χ1v) is 10.7. The van der Waals surface area contributed by atoms with E-state index in [4.69, 9.17) is 14.2 Å². The third-order valence-electron chi connectivity index (χ3n) is 6.51. The predicted octanol–water partition coefficient (Wildman–Crippen LogP) is 3.76. The standard InChI is InChI=1S/C25H26N2O5.H2/c1-30-21-15-22(31-2)18(14-17(21)16-28)24(29)26-12-9-25(10-13-26)23-8-5-11-27(23)19-6-3-4-7-20(19)32-25;/h3-8,11,14-15,28H,9-10,12-13,16H2,1-2H3;1H. The average Bonchev–Trinajstić information content (AvgIpc) is 3.35. The molecule has 168 valence electrons. The molecule has 0 saturated carbocycles. The number of para-hydroxylation sites is 2. The van der Waals surface area contributed by atoms with Crippen LogP contribution in [-0.4, -0.2) is 47.8 Å². The molecule has 1 aromatic heterocycles. The van der Waals surface area contributed by atoms with Crippen molar-refractivity contribution < 1.29 is 25.5 Å². The first-order chi connectivity index (χ1) is 15.6. The summed E-state index contributed by atoms with van der Waals surface area (Å²) in [7, 11) is 3.05. The van der Waals surface area contributed by atoms with Gasteiger partial charge in [-0.2, -0.15) is 0 Å². The van der Waals surface area contributed by atoms with Crippen LogP contribution < -0.4 is 14.2 Å². The summed E-state index contributed by atoms with van der Waals surface area (Å²) < 4.78 is 19.5. The second-order valence-electron chi connectivity index (χ2n) is 8.14. The number of aliphatic hydroxyl groups is 1. The number of rotatable bonds is 4. The number of aromatic nitrogens is 1. The van der Waals surface area contributed by atoms with Gasteiger partial charge in [0, 0.05) is 45.2 Å². The van der Waals surface area contributed by atoms with E-state index in [2.05, 4.69) is 22.9 Å². The molecule has 1 saturated heterocycles. The van der Waals surface area contributed by atoms with Crippen LogP contribution in [0.4, 0.5) is 0 Å². The van der Waals surface area contributed by atoms with E-state index in [1.807, 2.05) is 29.2 Å². The molecule has 2 aromatic carbocycles. The van der Waals surface area contributed by atoms with Crippen LogP contribution in [0.3, 0.4) is 0 Å². The Morgan fingerprint density at radius 1 is 1.09 bits per heavy atom. The lowest BCUT2D eigenvalue weighted by atomic mass is 9.86. The van der Waals surface area contributed by atoms with Gasteiger partial charge in [0.25, 0.3) is 5.91 Å². The third kappa shape index (κ3) is 3.12. The summed E-state index contributed by atoms with van der Waals surface area (Å²) in [4.78, 5) is 15.2. The molecule has 2 aliphatic heterocycles. The first-order valence-electron chi connectivity index (χ1n) is 10.7. The van der Waals surface area contributed by atoms with Gasteiger partial charge in [0.1, 0.15) is 17.2 Å². The second kappa shape index (κ2) is 7.91. The Morgan fingerprint density at radius 3 is 2.56 bits per heavy atom. The highest BCUT2D eigenvalue weighted by Crippen LogP contribution is 2.45. The van der Waals surface area contributed by atoms with Gasteiger partial charge in [-0.3, -0.25) is 4.79 Å². The highest BCUT2D eigenvalue weighted by molar-refractivity contribution is 5.97. The predicted molar refractivity (Wildman–Crippen MR) is 121 cm³/mol. The van der Waals surface area contributed by atoms with Crippen molar-refractivity contribution in [1.82, 2.24) is 9.47 Å².